The molecule has 0 unspecified atom stereocenters. The second-order valence-corrected chi connectivity index (χ2v) is 14.2. The van der Waals surface area contributed by atoms with Gasteiger partial charge in [-0.3, -0.25) is 14.5 Å². The smallest absolute Gasteiger partial charge is 0.232 e. The third-order valence-corrected chi connectivity index (χ3v) is 10.4. The van der Waals surface area contributed by atoms with Gasteiger partial charge in [0.05, 0.1) is 32.2 Å². The number of halogens is 1. The number of hydrogen-bond acceptors (Lipinski definition) is 6. The Hall–Kier alpha value is -3.55. The lowest BCUT2D eigenvalue weighted by atomic mass is 9.84. The van der Waals surface area contributed by atoms with Crippen LogP contribution >= 0.6 is 11.6 Å². The Labute approximate surface area is 284 Å². The highest BCUT2D eigenvalue weighted by molar-refractivity contribution is 6.30. The summed E-state index contributed by atoms with van der Waals surface area (Å²) in [5, 5.41) is 0.652. The van der Waals surface area contributed by atoms with E-state index in [-0.39, 0.29) is 24.5 Å². The van der Waals surface area contributed by atoms with Crippen LogP contribution in [0.5, 0.6) is 11.5 Å². The number of fused-ring (bicyclic) bond motifs is 1. The van der Waals surface area contributed by atoms with E-state index in [1.54, 1.807) is 7.11 Å². The zero-order chi connectivity index (χ0) is 33.1. The van der Waals surface area contributed by atoms with E-state index in [0.29, 0.717) is 40.8 Å². The van der Waals surface area contributed by atoms with Crippen LogP contribution in [0.2, 0.25) is 5.02 Å². The zero-order valence-electron chi connectivity index (χ0n) is 28.2. The van der Waals surface area contributed by atoms with Crippen LogP contribution in [0.15, 0.2) is 60.7 Å². The summed E-state index contributed by atoms with van der Waals surface area (Å²) in [5.74, 6) is 2.37. The largest absolute Gasteiger partial charge is 0.493 e. The van der Waals surface area contributed by atoms with Crippen molar-refractivity contribution in [1.82, 2.24) is 4.90 Å². The van der Waals surface area contributed by atoms with Crippen LogP contribution in [-0.2, 0) is 16.0 Å². The van der Waals surface area contributed by atoms with Crippen molar-refractivity contribution in [2.75, 3.05) is 43.6 Å². The minimum atomic E-state index is -0.345. The van der Waals surface area contributed by atoms with Gasteiger partial charge in [0.25, 0.3) is 0 Å². The van der Waals surface area contributed by atoms with E-state index >= 15 is 0 Å². The number of likely N-dealkylation sites (tertiary alicyclic amines) is 1. The SMILES string of the molecule is COc1cc2c(cc1OC(C)C)[C@H](c1ccc(Cl)cc1)N(c1ccc(N(C)CC3CCC(N4CCCCC(=O)C4)CC3)cc1)C(=O)C2. The summed E-state index contributed by atoms with van der Waals surface area (Å²) < 4.78 is 11.8. The van der Waals surface area contributed by atoms with Gasteiger partial charge in [-0.05, 0) is 130 Å². The molecule has 0 spiro atoms. The highest BCUT2D eigenvalue weighted by atomic mass is 35.5. The van der Waals surface area contributed by atoms with Crippen molar-refractivity contribution in [3.8, 4) is 11.5 Å². The number of ketones is 1. The average molecular weight is 658 g/mol. The fourth-order valence-corrected chi connectivity index (χ4v) is 7.84. The Morgan fingerprint density at radius 1 is 0.936 bits per heavy atom. The molecule has 8 heteroatoms. The summed E-state index contributed by atoms with van der Waals surface area (Å²) in [6, 6.07) is 20.3. The van der Waals surface area contributed by atoms with E-state index in [9.17, 15) is 9.59 Å². The molecule has 1 atom stereocenters. The van der Waals surface area contributed by atoms with E-state index < -0.39 is 0 Å². The predicted molar refractivity (Wildman–Crippen MR) is 189 cm³/mol. The Bertz CT molecular complexity index is 1550. The Morgan fingerprint density at radius 3 is 2.34 bits per heavy atom. The summed E-state index contributed by atoms with van der Waals surface area (Å²) in [6.07, 6.45) is 7.90. The average Bonchev–Trinajstić information content (AvgIpc) is 3.29. The first-order valence-corrected chi connectivity index (χ1v) is 17.6. The molecule has 250 valence electrons. The molecule has 0 radical (unpaired) electrons. The number of Topliss-reactive ketones (excluding diaryl/α,β-unsaturated/α-hetero) is 1. The van der Waals surface area contributed by atoms with Crippen LogP contribution < -0.4 is 19.3 Å². The van der Waals surface area contributed by atoms with Crippen LogP contribution in [0.1, 0.15) is 81.5 Å². The number of methoxy groups -OCH3 is 1. The van der Waals surface area contributed by atoms with E-state index in [1.165, 1.54) is 25.7 Å². The number of carbonyl (C=O) groups is 2. The number of benzene rings is 3. The maximum Gasteiger partial charge on any atom is 0.232 e. The molecular weight excluding hydrogens is 610 g/mol. The molecule has 3 aromatic rings. The Balaban J connectivity index is 1.20. The van der Waals surface area contributed by atoms with E-state index in [2.05, 4.69) is 41.1 Å². The molecule has 47 heavy (non-hydrogen) atoms. The van der Waals surface area contributed by atoms with Gasteiger partial charge in [-0.2, -0.15) is 0 Å². The Morgan fingerprint density at radius 2 is 1.66 bits per heavy atom. The van der Waals surface area contributed by atoms with Crippen molar-refractivity contribution >= 4 is 34.7 Å². The fraction of sp³-hybridized carbons (Fsp3) is 0.487. The van der Waals surface area contributed by atoms with Crippen molar-refractivity contribution in [3.05, 3.63) is 82.4 Å². The summed E-state index contributed by atoms with van der Waals surface area (Å²) in [5.41, 5.74) is 4.93. The molecule has 7 nitrogen and oxygen atoms in total. The lowest BCUT2D eigenvalue weighted by Crippen LogP contribution is -2.42. The van der Waals surface area contributed by atoms with Gasteiger partial charge in [-0.25, -0.2) is 0 Å². The maximum atomic E-state index is 13.9. The molecule has 2 aliphatic heterocycles. The molecule has 2 heterocycles. The highest BCUT2D eigenvalue weighted by Crippen LogP contribution is 2.44. The van der Waals surface area contributed by atoms with Crippen molar-refractivity contribution in [2.24, 2.45) is 5.92 Å². The number of ether oxygens (including phenoxy) is 2. The molecule has 3 aromatic carbocycles. The number of amides is 1. The predicted octanol–water partition coefficient (Wildman–Crippen LogP) is 7.86. The van der Waals surface area contributed by atoms with E-state index in [0.717, 1.165) is 60.4 Å². The van der Waals surface area contributed by atoms with Crippen LogP contribution in [0.25, 0.3) is 0 Å². The lowest BCUT2D eigenvalue weighted by Gasteiger charge is -2.38. The molecule has 0 N–H and O–H groups in total. The number of anilines is 2. The van der Waals surface area contributed by atoms with Crippen molar-refractivity contribution in [3.63, 3.8) is 0 Å². The minimum absolute atomic E-state index is 0.0261. The van der Waals surface area contributed by atoms with Crippen molar-refractivity contribution in [2.45, 2.75) is 83.4 Å². The highest BCUT2D eigenvalue weighted by Gasteiger charge is 2.36. The molecule has 0 aromatic heterocycles. The summed E-state index contributed by atoms with van der Waals surface area (Å²) in [4.78, 5) is 32.8. The summed E-state index contributed by atoms with van der Waals surface area (Å²) in [7, 11) is 3.79. The third-order valence-electron chi connectivity index (χ3n) is 10.1. The van der Waals surface area contributed by atoms with Crippen molar-refractivity contribution in [1.29, 1.82) is 0 Å². The van der Waals surface area contributed by atoms with Crippen LogP contribution in [0, 0.1) is 5.92 Å². The standard InChI is InChI=1S/C39H48ClN3O4/c1-26(2)47-37-23-35-29(21-36(37)46-4)22-38(45)43(39(35)28-10-12-30(40)13-11-28)33-18-16-31(17-19-33)41(3)24-27-8-14-32(15-9-27)42-20-6-5-7-34(44)25-42/h10-13,16-19,21,23,26-27,32,39H,5-9,14-15,20,22,24-25H2,1-4H3/t27?,32?,39-/m0/s1. The normalized spacial score (nSPS) is 22.2. The third kappa shape index (κ3) is 7.62. The number of carbonyl (C=O) groups excluding carboxylic acids is 2. The molecule has 0 bridgehead atoms. The number of rotatable bonds is 9. The molecule has 1 saturated carbocycles. The van der Waals surface area contributed by atoms with Gasteiger partial charge in [0.1, 0.15) is 5.78 Å². The molecule has 1 saturated heterocycles. The molecule has 1 aliphatic carbocycles. The molecule has 6 rings (SSSR count). The minimum Gasteiger partial charge on any atom is -0.493 e. The van der Waals surface area contributed by atoms with Gasteiger partial charge in [-0.15, -0.1) is 0 Å². The Kier molecular flexibility index (Phi) is 10.4. The van der Waals surface area contributed by atoms with Crippen LogP contribution in [0.4, 0.5) is 11.4 Å². The molecule has 3 aliphatic rings. The lowest BCUT2D eigenvalue weighted by molar-refractivity contribution is -0.120. The topological polar surface area (TPSA) is 62.3 Å². The fourth-order valence-electron chi connectivity index (χ4n) is 7.72. The number of nitrogens with zero attached hydrogens (tertiary/aromatic N) is 3. The second-order valence-electron chi connectivity index (χ2n) is 13.8. The van der Waals surface area contributed by atoms with Gasteiger partial charge in [0.2, 0.25) is 5.91 Å². The molecule has 1 amide bonds. The summed E-state index contributed by atoms with van der Waals surface area (Å²) in [6.45, 7) is 6.70. The second kappa shape index (κ2) is 14.7. The zero-order valence-corrected chi connectivity index (χ0v) is 29.0. The monoisotopic (exact) mass is 657 g/mol. The number of hydrogen-bond donors (Lipinski definition) is 0. The first-order chi connectivity index (χ1) is 22.7. The first kappa shape index (κ1) is 33.4. The van der Waals surface area contributed by atoms with Crippen LogP contribution in [0.3, 0.4) is 0 Å². The van der Waals surface area contributed by atoms with E-state index in [1.807, 2.05) is 55.1 Å². The molecular formula is C39H48ClN3O4. The quantitative estimate of drug-likeness (QED) is 0.233. The van der Waals surface area contributed by atoms with Gasteiger partial charge < -0.3 is 19.3 Å². The van der Waals surface area contributed by atoms with Crippen molar-refractivity contribution < 1.29 is 19.1 Å². The first-order valence-electron chi connectivity index (χ1n) is 17.2. The van der Waals surface area contributed by atoms with Gasteiger partial charge in [0.15, 0.2) is 11.5 Å². The van der Waals surface area contributed by atoms with Crippen LogP contribution in [-0.4, -0.2) is 62.5 Å². The van der Waals surface area contributed by atoms with Gasteiger partial charge >= 0.3 is 0 Å². The van der Waals surface area contributed by atoms with Gasteiger partial charge in [0, 0.05) is 42.5 Å². The molecule has 2 fully saturated rings. The summed E-state index contributed by atoms with van der Waals surface area (Å²) >= 11 is 6.29. The van der Waals surface area contributed by atoms with Gasteiger partial charge in [-0.1, -0.05) is 23.7 Å². The van der Waals surface area contributed by atoms with E-state index in [4.69, 9.17) is 21.1 Å². The maximum absolute atomic E-state index is 13.9.